The van der Waals surface area contributed by atoms with E-state index in [2.05, 4.69) is 37.4 Å². The van der Waals surface area contributed by atoms with Gasteiger partial charge in [0.2, 0.25) is 0 Å². The van der Waals surface area contributed by atoms with E-state index in [4.69, 9.17) is 5.26 Å². The highest BCUT2D eigenvalue weighted by Crippen LogP contribution is 2.52. The van der Waals surface area contributed by atoms with Gasteiger partial charge in [0.25, 0.3) is 0 Å². The van der Waals surface area contributed by atoms with Crippen LogP contribution in [0.3, 0.4) is 0 Å². The molecular formula is C12H16N2. The van der Waals surface area contributed by atoms with Crippen molar-refractivity contribution >= 4 is 0 Å². The van der Waals surface area contributed by atoms with Crippen molar-refractivity contribution < 1.29 is 0 Å². The average molecular weight is 188 g/mol. The number of nitriles is 1. The van der Waals surface area contributed by atoms with Gasteiger partial charge in [0, 0.05) is 6.04 Å². The van der Waals surface area contributed by atoms with Crippen LogP contribution in [0.1, 0.15) is 26.7 Å². The zero-order valence-electron chi connectivity index (χ0n) is 8.75. The molecule has 0 bridgehead atoms. The van der Waals surface area contributed by atoms with Gasteiger partial charge in [0.05, 0.1) is 11.5 Å². The summed E-state index contributed by atoms with van der Waals surface area (Å²) in [6, 6.07) is 2.82. The molecule has 0 radical (unpaired) electrons. The maximum atomic E-state index is 9.09. The molecule has 2 aliphatic rings. The third-order valence-corrected chi connectivity index (χ3v) is 3.15. The molecule has 1 unspecified atom stereocenters. The fourth-order valence-electron chi connectivity index (χ4n) is 1.84. The minimum atomic E-state index is -0.133. The summed E-state index contributed by atoms with van der Waals surface area (Å²) in [5.74, 6) is 0.574. The molecule has 0 spiro atoms. The Balaban J connectivity index is 2.20. The van der Waals surface area contributed by atoms with E-state index in [0.717, 1.165) is 12.8 Å². The van der Waals surface area contributed by atoms with Gasteiger partial charge >= 0.3 is 0 Å². The van der Waals surface area contributed by atoms with Gasteiger partial charge < -0.3 is 5.32 Å². The van der Waals surface area contributed by atoms with Gasteiger partial charge in [-0.15, -0.1) is 0 Å². The highest BCUT2D eigenvalue weighted by molar-refractivity contribution is 5.41. The van der Waals surface area contributed by atoms with Gasteiger partial charge in [-0.3, -0.25) is 0 Å². The van der Waals surface area contributed by atoms with E-state index in [1.807, 2.05) is 6.20 Å². The average Bonchev–Trinajstić information content (AvgIpc) is 2.98. The summed E-state index contributed by atoms with van der Waals surface area (Å²) in [6.07, 6.45) is 8.32. The van der Waals surface area contributed by atoms with Gasteiger partial charge in [0.1, 0.15) is 0 Å². The number of nitrogens with zero attached hydrogens (tertiary/aromatic N) is 1. The lowest BCUT2D eigenvalue weighted by Crippen LogP contribution is -2.30. The van der Waals surface area contributed by atoms with Gasteiger partial charge in [-0.1, -0.05) is 19.9 Å². The molecule has 1 aliphatic heterocycles. The normalized spacial score (nSPS) is 27.9. The van der Waals surface area contributed by atoms with E-state index in [0.29, 0.717) is 12.0 Å². The van der Waals surface area contributed by atoms with Crippen LogP contribution in [0.2, 0.25) is 0 Å². The zero-order chi connectivity index (χ0) is 10.2. The van der Waals surface area contributed by atoms with Crippen LogP contribution >= 0.6 is 0 Å². The van der Waals surface area contributed by atoms with Crippen LogP contribution in [0, 0.1) is 22.7 Å². The molecule has 1 heterocycles. The minimum absolute atomic E-state index is 0.133. The maximum Gasteiger partial charge on any atom is 0.0822 e. The van der Waals surface area contributed by atoms with E-state index < -0.39 is 0 Å². The Labute approximate surface area is 85.3 Å². The zero-order valence-corrected chi connectivity index (χ0v) is 8.75. The lowest BCUT2D eigenvalue weighted by molar-refractivity contribution is 0.504. The Kier molecular flexibility index (Phi) is 2.11. The number of hydrogen-bond donors (Lipinski definition) is 1. The van der Waals surface area contributed by atoms with Gasteiger partial charge in [-0.2, -0.15) is 5.26 Å². The van der Waals surface area contributed by atoms with Crippen molar-refractivity contribution in [1.82, 2.24) is 5.32 Å². The highest BCUT2D eigenvalue weighted by Gasteiger charge is 2.46. The van der Waals surface area contributed by atoms with Crippen LogP contribution in [-0.2, 0) is 0 Å². The molecule has 1 aliphatic carbocycles. The first kappa shape index (κ1) is 9.33. The van der Waals surface area contributed by atoms with Crippen molar-refractivity contribution in [2.24, 2.45) is 11.3 Å². The lowest BCUT2D eigenvalue weighted by atomic mass is 9.90. The Bertz CT molecular complexity index is 327. The summed E-state index contributed by atoms with van der Waals surface area (Å²) in [5.41, 5.74) is 1.09. The first-order valence-electron chi connectivity index (χ1n) is 5.24. The molecule has 1 atom stereocenters. The summed E-state index contributed by atoms with van der Waals surface area (Å²) in [6.45, 7) is 4.38. The number of nitrogens with one attached hydrogen (secondary N) is 1. The molecule has 74 valence electrons. The standard InChI is InChI=1S/C12H16N2/c1-9(2)11-7-10(3-6-14-11)12(8-13)4-5-12/h3,6-7,9,11,14H,4-5H2,1-2H3. The van der Waals surface area contributed by atoms with Crippen molar-refractivity contribution in [2.45, 2.75) is 32.7 Å². The molecule has 2 nitrogen and oxygen atoms in total. The first-order valence-corrected chi connectivity index (χ1v) is 5.24. The second-order valence-electron chi connectivity index (χ2n) is 4.59. The summed E-state index contributed by atoms with van der Waals surface area (Å²) < 4.78 is 0. The number of hydrogen-bond acceptors (Lipinski definition) is 2. The molecule has 0 aromatic heterocycles. The first-order chi connectivity index (χ1) is 6.68. The van der Waals surface area contributed by atoms with Crippen molar-refractivity contribution in [3.05, 3.63) is 23.9 Å². The summed E-state index contributed by atoms with van der Waals surface area (Å²) in [5, 5.41) is 12.4. The molecular weight excluding hydrogens is 172 g/mol. The fraction of sp³-hybridized carbons (Fsp3) is 0.583. The Morgan fingerprint density at radius 2 is 2.29 bits per heavy atom. The van der Waals surface area contributed by atoms with Crippen LogP contribution in [0.4, 0.5) is 0 Å². The Morgan fingerprint density at radius 1 is 1.57 bits per heavy atom. The smallest absolute Gasteiger partial charge is 0.0822 e. The van der Waals surface area contributed by atoms with E-state index in [1.54, 1.807) is 0 Å². The number of dihydropyridines is 1. The molecule has 1 N–H and O–H groups in total. The lowest BCUT2D eigenvalue weighted by Gasteiger charge is -2.23. The summed E-state index contributed by atoms with van der Waals surface area (Å²) in [7, 11) is 0. The van der Waals surface area contributed by atoms with Crippen LogP contribution in [-0.4, -0.2) is 6.04 Å². The monoisotopic (exact) mass is 188 g/mol. The van der Waals surface area contributed by atoms with E-state index in [1.165, 1.54) is 5.57 Å². The minimum Gasteiger partial charge on any atom is -0.384 e. The summed E-state index contributed by atoms with van der Waals surface area (Å²) in [4.78, 5) is 0. The van der Waals surface area contributed by atoms with Crippen LogP contribution in [0.25, 0.3) is 0 Å². The van der Waals surface area contributed by atoms with Gasteiger partial charge in [-0.05, 0) is 36.6 Å². The van der Waals surface area contributed by atoms with Crippen molar-refractivity contribution in [3.63, 3.8) is 0 Å². The number of allylic oxidation sites excluding steroid dienone is 2. The van der Waals surface area contributed by atoms with Gasteiger partial charge in [-0.25, -0.2) is 0 Å². The van der Waals surface area contributed by atoms with Crippen LogP contribution in [0.15, 0.2) is 23.9 Å². The molecule has 0 aromatic rings. The van der Waals surface area contributed by atoms with Crippen LogP contribution in [0.5, 0.6) is 0 Å². The second-order valence-corrected chi connectivity index (χ2v) is 4.59. The van der Waals surface area contributed by atoms with Crippen molar-refractivity contribution in [2.75, 3.05) is 0 Å². The number of rotatable bonds is 2. The molecule has 2 rings (SSSR count). The second kappa shape index (κ2) is 3.16. The van der Waals surface area contributed by atoms with E-state index >= 15 is 0 Å². The predicted octanol–water partition coefficient (Wildman–Crippen LogP) is 2.36. The van der Waals surface area contributed by atoms with Gasteiger partial charge in [0.15, 0.2) is 0 Å². The Hall–Kier alpha value is -1.23. The van der Waals surface area contributed by atoms with Crippen molar-refractivity contribution in [1.29, 1.82) is 5.26 Å². The third kappa shape index (κ3) is 1.43. The van der Waals surface area contributed by atoms with Crippen LogP contribution < -0.4 is 5.32 Å². The van der Waals surface area contributed by atoms with E-state index in [9.17, 15) is 0 Å². The summed E-state index contributed by atoms with van der Waals surface area (Å²) >= 11 is 0. The molecule has 0 aromatic carbocycles. The maximum absolute atomic E-state index is 9.09. The molecule has 1 saturated carbocycles. The largest absolute Gasteiger partial charge is 0.384 e. The molecule has 14 heavy (non-hydrogen) atoms. The SMILES string of the molecule is CC(C)C1C=C(C2(C#N)CC2)C=CN1. The fourth-order valence-corrected chi connectivity index (χ4v) is 1.84. The Morgan fingerprint density at radius 3 is 2.79 bits per heavy atom. The molecule has 1 fully saturated rings. The quantitative estimate of drug-likeness (QED) is 0.722. The molecule has 0 saturated heterocycles. The molecule has 0 amide bonds. The van der Waals surface area contributed by atoms with Crippen molar-refractivity contribution in [3.8, 4) is 6.07 Å². The highest BCUT2D eigenvalue weighted by atomic mass is 14.9. The molecule has 2 heteroatoms. The third-order valence-electron chi connectivity index (χ3n) is 3.15. The van der Waals surface area contributed by atoms with E-state index in [-0.39, 0.29) is 5.41 Å². The topological polar surface area (TPSA) is 35.8 Å². The predicted molar refractivity (Wildman–Crippen MR) is 56.3 cm³/mol.